The van der Waals surface area contributed by atoms with Crippen LogP contribution >= 0.6 is 11.3 Å². The van der Waals surface area contributed by atoms with Gasteiger partial charge in [0.2, 0.25) is 0 Å². The van der Waals surface area contributed by atoms with E-state index in [9.17, 15) is 9.59 Å². The molecule has 1 atom stereocenters. The highest BCUT2D eigenvalue weighted by atomic mass is 32.1. The molecule has 2 rings (SSSR count). The number of nitrogens with zero attached hydrogens (tertiary/aromatic N) is 3. The van der Waals surface area contributed by atoms with Crippen LogP contribution in [0, 0.1) is 6.92 Å². The quantitative estimate of drug-likeness (QED) is 0.874. The van der Waals surface area contributed by atoms with Crippen LogP contribution in [0.15, 0.2) is 18.5 Å². The van der Waals surface area contributed by atoms with Gasteiger partial charge in [0.05, 0.1) is 5.69 Å². The molecule has 2 heterocycles. The number of carbonyl (C=O) groups excluding carboxylic acids is 1. The average Bonchev–Trinajstić information content (AvgIpc) is 2.81. The summed E-state index contributed by atoms with van der Waals surface area (Å²) in [6, 6.07) is 0.729. The molecular formula is C12H12N4O3S. The van der Waals surface area contributed by atoms with E-state index in [-0.39, 0.29) is 0 Å². The Morgan fingerprint density at radius 1 is 1.35 bits per heavy atom. The lowest BCUT2D eigenvalue weighted by atomic mass is 10.3. The highest BCUT2D eigenvalue weighted by molar-refractivity contribution is 7.17. The normalized spacial score (nSPS) is 11.9. The third kappa shape index (κ3) is 2.97. The van der Waals surface area contributed by atoms with E-state index < -0.39 is 17.9 Å². The number of aromatic nitrogens is 3. The molecule has 20 heavy (non-hydrogen) atoms. The molecule has 0 radical (unpaired) electrons. The number of rotatable bonds is 4. The van der Waals surface area contributed by atoms with Gasteiger partial charge in [-0.15, -0.1) is 11.3 Å². The summed E-state index contributed by atoms with van der Waals surface area (Å²) in [5.74, 6) is -1.12. The van der Waals surface area contributed by atoms with Gasteiger partial charge in [-0.2, -0.15) is 0 Å². The minimum atomic E-state index is -1.09. The SMILES string of the molecule is Cc1nc(-c2ncccn2)sc1C(=O)N[C@H](C)C(=O)O. The second kappa shape index (κ2) is 5.74. The fourth-order valence-corrected chi connectivity index (χ4v) is 2.35. The molecule has 0 aliphatic rings. The van der Waals surface area contributed by atoms with Gasteiger partial charge in [0.15, 0.2) is 10.8 Å². The van der Waals surface area contributed by atoms with Gasteiger partial charge in [-0.05, 0) is 19.9 Å². The second-order valence-corrected chi connectivity index (χ2v) is 5.04. The molecule has 2 aromatic heterocycles. The van der Waals surface area contributed by atoms with Gasteiger partial charge >= 0.3 is 5.97 Å². The molecular weight excluding hydrogens is 280 g/mol. The molecule has 0 aliphatic carbocycles. The molecule has 2 aromatic rings. The van der Waals surface area contributed by atoms with Crippen LogP contribution in [0.3, 0.4) is 0 Å². The Kier molecular flexibility index (Phi) is 4.04. The maximum Gasteiger partial charge on any atom is 0.325 e. The minimum absolute atomic E-state index is 0.362. The van der Waals surface area contributed by atoms with Crippen LogP contribution in [0.25, 0.3) is 10.8 Å². The van der Waals surface area contributed by atoms with Crippen LogP contribution < -0.4 is 5.32 Å². The summed E-state index contributed by atoms with van der Waals surface area (Å²) in [6.07, 6.45) is 3.18. The second-order valence-electron chi connectivity index (χ2n) is 4.04. The highest BCUT2D eigenvalue weighted by Gasteiger charge is 2.21. The van der Waals surface area contributed by atoms with Crippen LogP contribution in [-0.2, 0) is 4.79 Å². The number of aryl methyl sites for hydroxylation is 1. The summed E-state index contributed by atoms with van der Waals surface area (Å²) in [5, 5.41) is 11.7. The Balaban J connectivity index is 2.24. The van der Waals surface area contributed by atoms with Crippen molar-refractivity contribution in [1.29, 1.82) is 0 Å². The Bertz CT molecular complexity index is 641. The Labute approximate surface area is 118 Å². The molecule has 0 aromatic carbocycles. The first-order chi connectivity index (χ1) is 9.49. The lowest BCUT2D eigenvalue weighted by Crippen LogP contribution is -2.38. The number of carbonyl (C=O) groups is 2. The van der Waals surface area contributed by atoms with Crippen LogP contribution in [0.2, 0.25) is 0 Å². The number of amides is 1. The van der Waals surface area contributed by atoms with Crippen molar-refractivity contribution in [3.63, 3.8) is 0 Å². The molecule has 7 nitrogen and oxygen atoms in total. The van der Waals surface area contributed by atoms with E-state index in [0.717, 1.165) is 11.3 Å². The zero-order valence-corrected chi connectivity index (χ0v) is 11.6. The van der Waals surface area contributed by atoms with Crippen molar-refractivity contribution in [2.24, 2.45) is 0 Å². The lowest BCUT2D eigenvalue weighted by Gasteiger charge is -2.07. The number of hydrogen-bond donors (Lipinski definition) is 2. The van der Waals surface area contributed by atoms with Gasteiger partial charge in [0.1, 0.15) is 10.9 Å². The van der Waals surface area contributed by atoms with Gasteiger partial charge in [-0.3, -0.25) is 9.59 Å². The predicted molar refractivity (Wildman–Crippen MR) is 72.4 cm³/mol. The summed E-state index contributed by atoms with van der Waals surface area (Å²) in [4.78, 5) is 35.4. The summed E-state index contributed by atoms with van der Waals surface area (Å²) < 4.78 is 0. The Morgan fingerprint density at radius 3 is 2.60 bits per heavy atom. The molecule has 0 spiro atoms. The fourth-order valence-electron chi connectivity index (χ4n) is 1.44. The first-order valence-electron chi connectivity index (χ1n) is 5.77. The molecule has 0 saturated carbocycles. The van der Waals surface area contributed by atoms with E-state index in [1.165, 1.54) is 6.92 Å². The maximum atomic E-state index is 12.0. The smallest absolute Gasteiger partial charge is 0.325 e. The van der Waals surface area contributed by atoms with Crippen molar-refractivity contribution in [3.05, 3.63) is 29.0 Å². The third-order valence-electron chi connectivity index (χ3n) is 2.48. The van der Waals surface area contributed by atoms with Crippen molar-refractivity contribution in [1.82, 2.24) is 20.3 Å². The van der Waals surface area contributed by atoms with Gasteiger partial charge < -0.3 is 10.4 Å². The van der Waals surface area contributed by atoms with Crippen LogP contribution in [0.1, 0.15) is 22.3 Å². The predicted octanol–water partition coefficient (Wildman–Crippen LogP) is 1.11. The Morgan fingerprint density at radius 2 is 2.00 bits per heavy atom. The summed E-state index contributed by atoms with van der Waals surface area (Å²) in [5.41, 5.74) is 0.521. The number of aliphatic carboxylic acids is 1. The standard InChI is InChI=1S/C12H12N4O3S/c1-6-8(10(17)15-7(2)12(18)19)20-11(16-6)9-13-4-3-5-14-9/h3-5,7H,1-2H3,(H,15,17)(H,18,19)/t7-/m1/s1. The van der Waals surface area contributed by atoms with Crippen molar-refractivity contribution < 1.29 is 14.7 Å². The minimum Gasteiger partial charge on any atom is -0.480 e. The number of nitrogens with one attached hydrogen (secondary N) is 1. The summed E-state index contributed by atoms with van der Waals surface area (Å²) >= 11 is 1.13. The molecule has 104 valence electrons. The van der Waals surface area contributed by atoms with E-state index >= 15 is 0 Å². The third-order valence-corrected chi connectivity index (χ3v) is 3.63. The molecule has 1 amide bonds. The van der Waals surface area contributed by atoms with Crippen molar-refractivity contribution >= 4 is 23.2 Å². The largest absolute Gasteiger partial charge is 0.480 e. The highest BCUT2D eigenvalue weighted by Crippen LogP contribution is 2.25. The molecule has 0 bridgehead atoms. The van der Waals surface area contributed by atoms with Gasteiger partial charge in [0, 0.05) is 12.4 Å². The molecule has 0 aliphatic heterocycles. The molecule has 0 fully saturated rings. The maximum absolute atomic E-state index is 12.0. The summed E-state index contributed by atoms with van der Waals surface area (Å²) in [7, 11) is 0. The van der Waals surface area contributed by atoms with Gasteiger partial charge in [-0.1, -0.05) is 0 Å². The van der Waals surface area contributed by atoms with Crippen LogP contribution in [0.5, 0.6) is 0 Å². The van der Waals surface area contributed by atoms with Crippen LogP contribution in [0.4, 0.5) is 0 Å². The van der Waals surface area contributed by atoms with E-state index in [2.05, 4.69) is 20.3 Å². The van der Waals surface area contributed by atoms with Crippen molar-refractivity contribution in [2.75, 3.05) is 0 Å². The Hall–Kier alpha value is -2.35. The van der Waals surface area contributed by atoms with E-state index in [4.69, 9.17) is 5.11 Å². The average molecular weight is 292 g/mol. The molecule has 0 unspecified atom stereocenters. The molecule has 2 N–H and O–H groups in total. The topological polar surface area (TPSA) is 105 Å². The van der Waals surface area contributed by atoms with E-state index in [0.29, 0.717) is 21.4 Å². The van der Waals surface area contributed by atoms with E-state index in [1.54, 1.807) is 25.4 Å². The number of carboxylic acids is 1. The lowest BCUT2D eigenvalue weighted by molar-refractivity contribution is -0.138. The van der Waals surface area contributed by atoms with E-state index in [1.807, 2.05) is 0 Å². The number of thiazole rings is 1. The van der Waals surface area contributed by atoms with Crippen molar-refractivity contribution in [3.8, 4) is 10.8 Å². The first-order valence-corrected chi connectivity index (χ1v) is 6.59. The van der Waals surface area contributed by atoms with Crippen LogP contribution in [-0.4, -0.2) is 38.0 Å². The zero-order chi connectivity index (χ0) is 14.7. The first kappa shape index (κ1) is 14.1. The van der Waals surface area contributed by atoms with Crippen molar-refractivity contribution in [2.45, 2.75) is 19.9 Å². The fraction of sp³-hybridized carbons (Fsp3) is 0.250. The summed E-state index contributed by atoms with van der Waals surface area (Å²) in [6.45, 7) is 3.08. The number of carboxylic acid groups (broad SMARTS) is 1. The zero-order valence-electron chi connectivity index (χ0n) is 10.8. The van der Waals surface area contributed by atoms with Gasteiger partial charge in [0.25, 0.3) is 5.91 Å². The van der Waals surface area contributed by atoms with Gasteiger partial charge in [-0.25, -0.2) is 15.0 Å². The molecule has 8 heteroatoms. The molecule has 0 saturated heterocycles. The number of hydrogen-bond acceptors (Lipinski definition) is 6. The monoisotopic (exact) mass is 292 g/mol.